The lowest BCUT2D eigenvalue weighted by molar-refractivity contribution is 0.0195. The Bertz CT molecular complexity index is 1270. The summed E-state index contributed by atoms with van der Waals surface area (Å²) < 4.78 is 8.29. The summed E-state index contributed by atoms with van der Waals surface area (Å²) in [5.41, 5.74) is 3.06. The Kier molecular flexibility index (Phi) is 4.96. The first-order chi connectivity index (χ1) is 15.2. The minimum absolute atomic E-state index is 0.230. The maximum Gasteiger partial charge on any atom is 0.228 e. The van der Waals surface area contributed by atoms with Crippen LogP contribution in [0.3, 0.4) is 0 Å². The van der Waals surface area contributed by atoms with Crippen LogP contribution in [-0.4, -0.2) is 69.9 Å². The number of hydrogen-bond donors (Lipinski definition) is 3. The molecular formula is C21H27B3N6O2. The molecule has 1 fully saturated rings. The van der Waals surface area contributed by atoms with Gasteiger partial charge in [-0.3, -0.25) is 0 Å². The smallest absolute Gasteiger partial charge is 0.228 e. The SMILES string of the molecule is BC(B)(B)Oc1nc(N[C@H]2CC[C@](C)(O)CC2)nc2[nH]cc(-c3ccc4nccn4c3)c12. The van der Waals surface area contributed by atoms with Gasteiger partial charge in [0.15, 0.2) is 0 Å². The van der Waals surface area contributed by atoms with Gasteiger partial charge in [-0.15, -0.1) is 0 Å². The van der Waals surface area contributed by atoms with E-state index in [0.29, 0.717) is 11.8 Å². The summed E-state index contributed by atoms with van der Waals surface area (Å²) in [5.74, 6) is 1.09. The van der Waals surface area contributed by atoms with Crippen LogP contribution < -0.4 is 10.1 Å². The molecule has 11 heteroatoms. The maximum absolute atomic E-state index is 10.2. The summed E-state index contributed by atoms with van der Waals surface area (Å²) in [6, 6.07) is 4.27. The Morgan fingerprint density at radius 2 is 2.03 bits per heavy atom. The summed E-state index contributed by atoms with van der Waals surface area (Å²) in [6.07, 6.45) is 11.0. The van der Waals surface area contributed by atoms with E-state index in [1.54, 1.807) is 6.20 Å². The van der Waals surface area contributed by atoms with Crippen molar-refractivity contribution in [2.24, 2.45) is 0 Å². The molecule has 5 rings (SSSR count). The first kappa shape index (κ1) is 20.9. The van der Waals surface area contributed by atoms with Gasteiger partial charge in [0.05, 0.1) is 11.0 Å². The molecule has 4 aromatic rings. The first-order valence-corrected chi connectivity index (χ1v) is 11.2. The molecule has 0 spiro atoms. The molecular weight excluding hydrogens is 401 g/mol. The van der Waals surface area contributed by atoms with E-state index in [0.717, 1.165) is 53.5 Å². The summed E-state index contributed by atoms with van der Waals surface area (Å²) in [5, 5.41) is 14.2. The van der Waals surface area contributed by atoms with Gasteiger partial charge in [-0.25, -0.2) is 4.98 Å². The van der Waals surface area contributed by atoms with E-state index in [9.17, 15) is 5.11 Å². The number of nitrogens with one attached hydrogen (secondary N) is 2. The summed E-state index contributed by atoms with van der Waals surface area (Å²) >= 11 is 0. The van der Waals surface area contributed by atoms with Crippen LogP contribution in [0.4, 0.5) is 5.95 Å². The third-order valence-corrected chi connectivity index (χ3v) is 6.00. The second kappa shape index (κ2) is 7.58. The average molecular weight is 428 g/mol. The van der Waals surface area contributed by atoms with E-state index >= 15 is 0 Å². The second-order valence-corrected chi connectivity index (χ2v) is 10.0. The van der Waals surface area contributed by atoms with Crippen LogP contribution in [0.25, 0.3) is 27.8 Å². The molecule has 0 bridgehead atoms. The molecule has 0 atom stereocenters. The normalized spacial score (nSPS) is 21.8. The van der Waals surface area contributed by atoms with E-state index in [-0.39, 0.29) is 6.04 Å². The number of H-pyrrole nitrogens is 1. The average Bonchev–Trinajstić information content (AvgIpc) is 3.34. The topological polar surface area (TPSA) is 100 Å². The molecule has 0 radical (unpaired) electrons. The Morgan fingerprint density at radius 3 is 2.78 bits per heavy atom. The molecule has 32 heavy (non-hydrogen) atoms. The predicted molar refractivity (Wildman–Crippen MR) is 134 cm³/mol. The van der Waals surface area contributed by atoms with E-state index in [1.165, 1.54) is 0 Å². The van der Waals surface area contributed by atoms with Gasteiger partial charge < -0.3 is 24.5 Å². The Labute approximate surface area is 189 Å². The third kappa shape index (κ3) is 4.21. The lowest BCUT2D eigenvalue weighted by Crippen LogP contribution is -2.38. The van der Waals surface area contributed by atoms with Crippen molar-refractivity contribution in [1.82, 2.24) is 24.3 Å². The number of anilines is 1. The number of nitrogens with zero attached hydrogens (tertiary/aromatic N) is 4. The molecule has 0 amide bonds. The van der Waals surface area contributed by atoms with Gasteiger partial charge in [-0.05, 0) is 44.7 Å². The number of aromatic nitrogens is 5. The van der Waals surface area contributed by atoms with Gasteiger partial charge in [0.25, 0.3) is 0 Å². The lowest BCUT2D eigenvalue weighted by atomic mass is 9.52. The molecule has 0 aliphatic heterocycles. The zero-order valence-electron chi connectivity index (χ0n) is 19.0. The van der Waals surface area contributed by atoms with Gasteiger partial charge in [-0.1, -0.05) is 0 Å². The fourth-order valence-electron chi connectivity index (χ4n) is 4.30. The Hall–Kier alpha value is -2.94. The van der Waals surface area contributed by atoms with Gasteiger partial charge in [-0.2, -0.15) is 9.97 Å². The molecule has 4 heterocycles. The zero-order chi connectivity index (χ0) is 22.5. The van der Waals surface area contributed by atoms with Crippen LogP contribution in [0.15, 0.2) is 36.9 Å². The molecule has 162 valence electrons. The van der Waals surface area contributed by atoms with Gasteiger partial charge in [0.2, 0.25) is 11.8 Å². The highest BCUT2D eigenvalue weighted by Gasteiger charge is 2.29. The van der Waals surface area contributed by atoms with Crippen molar-refractivity contribution in [3.8, 4) is 17.0 Å². The van der Waals surface area contributed by atoms with E-state index in [4.69, 9.17) is 14.7 Å². The van der Waals surface area contributed by atoms with Crippen molar-refractivity contribution in [1.29, 1.82) is 0 Å². The Morgan fingerprint density at radius 1 is 1.25 bits per heavy atom. The molecule has 0 saturated heterocycles. The highest BCUT2D eigenvalue weighted by Crippen LogP contribution is 2.36. The van der Waals surface area contributed by atoms with Gasteiger partial charge in [0.1, 0.15) is 34.8 Å². The van der Waals surface area contributed by atoms with Crippen molar-refractivity contribution in [3.05, 3.63) is 36.9 Å². The number of aliphatic hydroxyl groups is 1. The van der Waals surface area contributed by atoms with Crippen molar-refractivity contribution < 1.29 is 9.84 Å². The van der Waals surface area contributed by atoms with Crippen molar-refractivity contribution in [2.45, 2.75) is 49.5 Å². The van der Waals surface area contributed by atoms with Gasteiger partial charge >= 0.3 is 0 Å². The quantitative estimate of drug-likeness (QED) is 0.395. The lowest BCUT2D eigenvalue weighted by Gasteiger charge is -2.33. The fourth-order valence-corrected chi connectivity index (χ4v) is 4.30. The molecule has 0 unspecified atom stereocenters. The second-order valence-electron chi connectivity index (χ2n) is 10.0. The van der Waals surface area contributed by atoms with Crippen molar-refractivity contribution in [3.63, 3.8) is 0 Å². The number of ether oxygens (including phenoxy) is 1. The monoisotopic (exact) mass is 428 g/mol. The van der Waals surface area contributed by atoms with E-state index in [2.05, 4.69) is 15.3 Å². The number of fused-ring (bicyclic) bond motifs is 2. The van der Waals surface area contributed by atoms with Crippen molar-refractivity contribution >= 4 is 46.2 Å². The van der Waals surface area contributed by atoms with Crippen LogP contribution >= 0.6 is 0 Å². The molecule has 8 nitrogen and oxygen atoms in total. The van der Waals surface area contributed by atoms with Crippen molar-refractivity contribution in [2.75, 3.05) is 5.32 Å². The predicted octanol–water partition coefficient (Wildman–Crippen LogP) is 0.267. The number of hydrogen-bond acceptors (Lipinski definition) is 6. The maximum atomic E-state index is 10.2. The van der Waals surface area contributed by atoms with Crippen LogP contribution in [0.1, 0.15) is 32.6 Å². The fraction of sp³-hybridized carbons (Fsp3) is 0.381. The first-order valence-electron chi connectivity index (χ1n) is 11.2. The number of imidazole rings is 1. The molecule has 3 N–H and O–H groups in total. The van der Waals surface area contributed by atoms with E-state index < -0.39 is 10.9 Å². The third-order valence-electron chi connectivity index (χ3n) is 6.00. The zero-order valence-corrected chi connectivity index (χ0v) is 19.0. The van der Waals surface area contributed by atoms with Crippen LogP contribution in [0, 0.1) is 0 Å². The summed E-state index contributed by atoms with van der Waals surface area (Å²) in [7, 11) is 6.05. The highest BCUT2D eigenvalue weighted by atomic mass is 16.5. The molecule has 1 saturated carbocycles. The van der Waals surface area contributed by atoms with Crippen LogP contribution in [-0.2, 0) is 0 Å². The molecule has 0 aromatic carbocycles. The minimum atomic E-state index is -0.575. The highest BCUT2D eigenvalue weighted by molar-refractivity contribution is 6.58. The standard InChI is InChI=1S/C21H27B3N6O2/c1-20(31)6-4-13(5-7-20)27-19-28-17-16(18(29-19)32-21(22,23)24)14(10-26-17)12-2-3-15-25-8-9-30(15)11-12/h2-3,8-11,13,31H,4-7,22-24H2,1H3,(H2,26,27,28,29)/t13-,20-. The minimum Gasteiger partial charge on any atom is -0.498 e. The number of aromatic amines is 1. The number of pyridine rings is 1. The van der Waals surface area contributed by atoms with Gasteiger partial charge in [0, 0.05) is 47.3 Å². The van der Waals surface area contributed by atoms with Crippen LogP contribution in [0.5, 0.6) is 5.88 Å². The Balaban J connectivity index is 1.54. The molecule has 4 aromatic heterocycles. The molecule has 1 aliphatic carbocycles. The summed E-state index contributed by atoms with van der Waals surface area (Å²) in [4.78, 5) is 17.2. The number of rotatable bonds is 5. The summed E-state index contributed by atoms with van der Waals surface area (Å²) in [6.45, 7) is 1.91. The van der Waals surface area contributed by atoms with E-state index in [1.807, 2.05) is 65.6 Å². The molecule has 1 aliphatic rings. The largest absolute Gasteiger partial charge is 0.498 e. The van der Waals surface area contributed by atoms with Crippen LogP contribution in [0.2, 0.25) is 0 Å².